The lowest BCUT2D eigenvalue weighted by molar-refractivity contribution is -0.131. The maximum Gasteiger partial charge on any atom is 0.302 e. The maximum atomic E-state index is 13.1. The SMILES string of the molecule is [2H]c1nc(N(C)[C@@]2([2H])C([2H])([2H])N(C(=O)C([2H])([2H])[N+]#[C-])C([2H])([2H])C([2H])([2H])[C@@]2([2H])C([2H])([2H])[2H])c2c([2H])c(C)[nH]c2n1.[2H]c1nc(N(C)[C@@]2([2H])C([2H])([2H])N(C(=O)C([2H])([2H])[N+]#[C-])C([2H])([2H])C([2H])([2H])[C@@]2([2H])C)c2c([2H])c(C)[nH]c2n1.[2H]c1nc(N(C)[C@]2([2H])[C@H](C([2H])([2H])[2H])C([2H])([2H])C([2H])([2H])N(C(=O)C([2H])([2H])[N+]#[C-])C2([2H])[2H])c2c([2H])c(C)[nH]c2n1. The summed E-state index contributed by atoms with van der Waals surface area (Å²) in [5.74, 6) is -18.2. The molecular weight excluding hydrogens is 913 g/mol. The highest BCUT2D eigenvalue weighted by Gasteiger charge is 2.36. The van der Waals surface area contributed by atoms with E-state index in [4.69, 9.17) is 71.8 Å². The average Bonchev–Trinajstić information content (AvgIpc) is 0.899. The Morgan fingerprint density at radius 3 is 1.35 bits per heavy atom. The van der Waals surface area contributed by atoms with Gasteiger partial charge >= 0.3 is 17.7 Å². The molecule has 0 spiro atoms. The van der Waals surface area contributed by atoms with Crippen LogP contribution in [-0.2, 0) is 14.4 Å². The van der Waals surface area contributed by atoms with Gasteiger partial charge in [-0.15, -0.1) is 0 Å². The third-order valence-electron chi connectivity index (χ3n) is 9.73. The Morgan fingerprint density at radius 2 is 0.972 bits per heavy atom. The summed E-state index contributed by atoms with van der Waals surface area (Å²) in [5.41, 5.74) is 0.303. The number of carbonyl (C=O) groups excluding carboxylic acids is 3. The van der Waals surface area contributed by atoms with Crippen LogP contribution in [0.25, 0.3) is 47.6 Å². The molecule has 3 amide bonds. The molecule has 3 aliphatic rings. The molecule has 6 atom stereocenters. The normalized spacial score (nSPS) is 41.5. The zero-order valence-corrected chi connectivity index (χ0v) is 38.5. The van der Waals surface area contributed by atoms with Crippen LogP contribution in [-0.4, -0.2) is 175 Å². The first kappa shape index (κ1) is 20.7. The maximum absolute atomic E-state index is 13.1. The minimum Gasteiger partial charge on any atom is -0.354 e. The van der Waals surface area contributed by atoms with Crippen molar-refractivity contribution in [3.05, 3.63) is 88.4 Å². The molecule has 0 bridgehead atoms. The molecule has 3 N–H and O–H groups in total. The molecule has 72 heavy (non-hydrogen) atoms. The zero-order chi connectivity index (χ0) is 88.2. The van der Waals surface area contributed by atoms with Crippen LogP contribution in [0, 0.1) is 58.2 Å². The van der Waals surface area contributed by atoms with E-state index >= 15 is 0 Å². The fraction of sp³-hybridized carbons (Fsp3) is 0.529. The molecule has 0 saturated carbocycles. The molecule has 9 heterocycles. The second-order valence-electron chi connectivity index (χ2n) is 14.6. The zero-order valence-electron chi connectivity index (χ0n) is 79.5. The number of H-pyrrole nitrogens is 3. The van der Waals surface area contributed by atoms with Gasteiger partial charge in [-0.05, 0) is 75.7 Å². The van der Waals surface area contributed by atoms with E-state index < -0.39 is 196 Å². The Hall–Kier alpha value is -7.86. The molecule has 0 aliphatic carbocycles. The number of hydrogen-bond donors (Lipinski definition) is 3. The second kappa shape index (κ2) is 22.9. The van der Waals surface area contributed by atoms with Gasteiger partial charge in [-0.3, -0.25) is 14.4 Å². The number of rotatable bonds is 9. The van der Waals surface area contributed by atoms with Crippen molar-refractivity contribution in [2.24, 2.45) is 17.7 Å². The number of anilines is 3. The molecule has 21 heteroatoms. The average molecular weight is 1020 g/mol. The lowest BCUT2D eigenvalue weighted by atomic mass is 9.92. The van der Waals surface area contributed by atoms with Crippen molar-refractivity contribution in [1.82, 2.24) is 59.6 Å². The van der Waals surface area contributed by atoms with Gasteiger partial charge in [0.2, 0.25) is 0 Å². The summed E-state index contributed by atoms with van der Waals surface area (Å²) in [4.78, 5) is 77.1. The van der Waals surface area contributed by atoms with E-state index in [-0.39, 0.29) is 68.3 Å². The molecule has 0 aromatic carbocycles. The van der Waals surface area contributed by atoms with Crippen LogP contribution in [0.15, 0.2) is 37.0 Å². The van der Waals surface area contributed by atoms with Gasteiger partial charge in [0.1, 0.15) is 65.6 Å². The van der Waals surface area contributed by atoms with Gasteiger partial charge in [0.25, 0.3) is 19.5 Å². The van der Waals surface area contributed by atoms with E-state index in [1.54, 1.807) is 0 Å². The van der Waals surface area contributed by atoms with Crippen molar-refractivity contribution in [3.8, 4) is 0 Å². The molecule has 3 saturated heterocycles. The molecule has 3 fully saturated rings. The second-order valence-corrected chi connectivity index (χ2v) is 14.6. The van der Waals surface area contributed by atoms with Gasteiger partial charge in [0, 0.05) is 105 Å². The number of carbonyl (C=O) groups is 3. The van der Waals surface area contributed by atoms with E-state index in [2.05, 4.69) is 59.4 Å². The Kier molecular flexibility index (Phi) is 6.59. The fourth-order valence-corrected chi connectivity index (χ4v) is 6.50. The highest BCUT2D eigenvalue weighted by Crippen LogP contribution is 2.32. The summed E-state index contributed by atoms with van der Waals surface area (Å²) in [6.07, 6.45) is -13.5. The molecule has 0 unspecified atom stereocenters. The van der Waals surface area contributed by atoms with Crippen molar-refractivity contribution in [2.45, 2.75) is 78.6 Å². The smallest absolute Gasteiger partial charge is 0.302 e. The van der Waals surface area contributed by atoms with Gasteiger partial charge in [-0.25, -0.2) is 49.6 Å². The number of nitrogens with one attached hydrogen (secondary N) is 3. The quantitative estimate of drug-likeness (QED) is 0.152. The van der Waals surface area contributed by atoms with E-state index in [1.807, 2.05) is 0 Å². The lowest BCUT2D eigenvalue weighted by Gasteiger charge is -2.41. The van der Waals surface area contributed by atoms with Gasteiger partial charge in [-0.1, -0.05) is 20.6 Å². The minimum atomic E-state index is -4.14. The Labute approximate surface area is 478 Å². The summed E-state index contributed by atoms with van der Waals surface area (Å²) < 4.78 is 341. The molecule has 0 radical (unpaired) electrons. The Balaban J connectivity index is 0.000000235. The number of nitrogens with zero attached hydrogens (tertiary/aromatic N) is 15. The predicted molar refractivity (Wildman–Crippen MR) is 278 cm³/mol. The number of piperidine rings is 3. The number of aromatic nitrogens is 9. The minimum absolute atomic E-state index is 0.0402. The predicted octanol–water partition coefficient (Wildman–Crippen LogP) is 5.58. The summed E-state index contributed by atoms with van der Waals surface area (Å²) >= 11 is 0. The van der Waals surface area contributed by atoms with Gasteiger partial charge in [-0.2, -0.15) is 0 Å². The first-order chi connectivity index (χ1) is 50.3. The van der Waals surface area contributed by atoms with Gasteiger partial charge in [0.05, 0.1) is 50.7 Å². The van der Waals surface area contributed by atoms with Crippen molar-refractivity contribution in [2.75, 3.05) is 94.3 Å². The summed E-state index contributed by atoms with van der Waals surface area (Å²) in [6.45, 7) is -15.6. The first-order valence-corrected chi connectivity index (χ1v) is 20.2. The molecule has 6 aromatic heterocycles. The van der Waals surface area contributed by atoms with Crippen LogP contribution in [0.2, 0.25) is 0 Å². The molecule has 378 valence electrons. The van der Waals surface area contributed by atoms with E-state index in [0.717, 1.165) is 28.1 Å². The van der Waals surface area contributed by atoms with Crippen molar-refractivity contribution in [3.63, 3.8) is 0 Å². The summed E-state index contributed by atoms with van der Waals surface area (Å²) in [5, 5.41) is -0.589. The van der Waals surface area contributed by atoms with Gasteiger partial charge in [0.15, 0.2) is 0 Å². The van der Waals surface area contributed by atoms with Crippen LogP contribution in [0.4, 0.5) is 17.5 Å². The van der Waals surface area contributed by atoms with Crippen LogP contribution < -0.4 is 14.7 Å². The highest BCUT2D eigenvalue weighted by atomic mass is 16.2. The lowest BCUT2D eigenvalue weighted by Crippen LogP contribution is -2.53. The number of amides is 3. The largest absolute Gasteiger partial charge is 0.354 e. The van der Waals surface area contributed by atoms with Crippen molar-refractivity contribution >= 4 is 68.3 Å². The summed E-state index contributed by atoms with van der Waals surface area (Å²) in [7, 11) is 2.69. The summed E-state index contributed by atoms with van der Waals surface area (Å²) in [6, 6.07) is -11.5. The third kappa shape index (κ3) is 11.5. The van der Waals surface area contributed by atoms with Gasteiger partial charge < -0.3 is 58.9 Å². The molecule has 3 aliphatic heterocycles. The number of fused-ring (bicyclic) bond motifs is 3. The topological polar surface area (TPSA) is 208 Å². The van der Waals surface area contributed by atoms with Crippen LogP contribution in [0.3, 0.4) is 0 Å². The number of aromatic amines is 3. The van der Waals surface area contributed by atoms with Crippen molar-refractivity contribution < 1.29 is 70.6 Å². The standard InChI is InChI=1S/3C17H22N6O/c3*1-11-5-6-23(15(24)8-18-3)9-14(11)22(4)17-13-7-12(2)21-16(13)19-10-20-17/h3*7,10-11,14H,5-6,8-9H2,1-2,4H3,(H,19,20,21)/t3*11-,14+/m111/s1/i1D3,5D2,6D2,7D,8D2,9D2,10D,11D,14D;5D2,6D2,7D,8D2,9D2,10D,11D,14D;1D3,5D2,6D2,7D,8D2,9D2,10D,14D. The molecule has 9 rings (SSSR count). The van der Waals surface area contributed by atoms with E-state index in [1.165, 1.54) is 20.8 Å². The third-order valence-corrected chi connectivity index (χ3v) is 9.73. The highest BCUT2D eigenvalue weighted by molar-refractivity contribution is 5.90. The van der Waals surface area contributed by atoms with Crippen molar-refractivity contribution in [1.29, 1.82) is 0 Å². The molecule has 6 aromatic rings. The molecule has 21 nitrogen and oxygen atoms in total. The Morgan fingerprint density at radius 1 is 0.625 bits per heavy atom. The van der Waals surface area contributed by atoms with E-state index in [0.29, 0.717) is 14.7 Å². The van der Waals surface area contributed by atoms with Crippen LogP contribution >= 0.6 is 0 Å². The number of likely N-dealkylation sites (tertiary alicyclic amines) is 3. The molecular formula is C51H66N18O3. The van der Waals surface area contributed by atoms with Crippen LogP contribution in [0.1, 0.15) is 113 Å². The van der Waals surface area contributed by atoms with E-state index in [9.17, 15) is 18.5 Å². The number of aryl methyl sites for hydroxylation is 3. The monoisotopic (exact) mass is 1020 g/mol. The number of hydrogen-bond acceptors (Lipinski definition) is 12. The first-order valence-electron chi connectivity index (χ1n) is 40.7. The fourth-order valence-electron chi connectivity index (χ4n) is 6.50. The van der Waals surface area contributed by atoms with Crippen LogP contribution in [0.5, 0.6) is 0 Å². The number of likely N-dealkylation sites (N-methyl/N-ethyl adjacent to an activating group) is 3. The Bertz CT molecular complexity index is 5020.